The number of H-pyrrole nitrogens is 1. The van der Waals surface area contributed by atoms with Gasteiger partial charge < -0.3 is 4.98 Å². The van der Waals surface area contributed by atoms with E-state index in [-0.39, 0.29) is 5.82 Å². The van der Waals surface area contributed by atoms with Crippen LogP contribution in [0.4, 0.5) is 4.39 Å². The summed E-state index contributed by atoms with van der Waals surface area (Å²) in [6.07, 6.45) is 3.47. The van der Waals surface area contributed by atoms with Gasteiger partial charge in [-0.15, -0.1) is 0 Å². The van der Waals surface area contributed by atoms with E-state index in [1.165, 1.54) is 6.07 Å². The second kappa shape index (κ2) is 3.45. The molecule has 0 unspecified atom stereocenters. The van der Waals surface area contributed by atoms with Crippen molar-refractivity contribution >= 4 is 10.9 Å². The molecule has 0 aliphatic rings. The lowest BCUT2D eigenvalue weighted by Crippen LogP contribution is -1.82. The quantitative estimate of drug-likeness (QED) is 0.658. The van der Waals surface area contributed by atoms with Crippen molar-refractivity contribution in [3.63, 3.8) is 0 Å². The molecule has 0 aliphatic carbocycles. The highest BCUT2D eigenvalue weighted by atomic mass is 19.1. The minimum atomic E-state index is -0.220. The first-order valence-corrected chi connectivity index (χ1v) is 5.02. The summed E-state index contributed by atoms with van der Waals surface area (Å²) in [6, 6.07) is 10.5. The van der Waals surface area contributed by atoms with Gasteiger partial charge in [0.05, 0.1) is 0 Å². The van der Waals surface area contributed by atoms with Gasteiger partial charge in [0.2, 0.25) is 0 Å². The Morgan fingerprint density at radius 1 is 1.12 bits per heavy atom. The van der Waals surface area contributed by atoms with Crippen LogP contribution >= 0.6 is 0 Å². The molecule has 0 amide bonds. The minimum absolute atomic E-state index is 0.220. The summed E-state index contributed by atoms with van der Waals surface area (Å²) < 4.78 is 13.6. The van der Waals surface area contributed by atoms with Gasteiger partial charge >= 0.3 is 0 Å². The number of nitrogens with zero attached hydrogens (tertiary/aromatic N) is 1. The van der Waals surface area contributed by atoms with Crippen molar-refractivity contribution in [2.24, 2.45) is 0 Å². The van der Waals surface area contributed by atoms with E-state index in [1.807, 2.05) is 18.2 Å². The zero-order valence-corrected chi connectivity index (χ0v) is 8.44. The smallest absolute Gasteiger partial charge is 0.132 e. The molecule has 3 heteroatoms. The number of fused-ring (bicyclic) bond motifs is 1. The number of nitrogens with one attached hydrogen (secondary N) is 1. The number of hydrogen-bond donors (Lipinski definition) is 1. The van der Waals surface area contributed by atoms with Crippen molar-refractivity contribution in [3.05, 3.63) is 54.6 Å². The molecule has 0 fully saturated rings. The number of rotatable bonds is 1. The Morgan fingerprint density at radius 3 is 2.81 bits per heavy atom. The normalized spacial score (nSPS) is 10.8. The van der Waals surface area contributed by atoms with Crippen LogP contribution in [0.5, 0.6) is 0 Å². The van der Waals surface area contributed by atoms with E-state index in [0.717, 1.165) is 16.6 Å². The molecule has 2 aromatic heterocycles. The molecule has 0 saturated heterocycles. The van der Waals surface area contributed by atoms with E-state index in [9.17, 15) is 4.39 Å². The lowest BCUT2D eigenvalue weighted by Gasteiger charge is -1.98. The van der Waals surface area contributed by atoms with E-state index >= 15 is 0 Å². The van der Waals surface area contributed by atoms with Gasteiger partial charge in [0.1, 0.15) is 5.82 Å². The molecule has 78 valence electrons. The Bertz CT molecular complexity index is 610. The highest BCUT2D eigenvalue weighted by Gasteiger charge is 2.06. The molecular weight excluding hydrogens is 203 g/mol. The second-order valence-electron chi connectivity index (χ2n) is 3.63. The average molecular weight is 212 g/mol. The van der Waals surface area contributed by atoms with Gasteiger partial charge in [0.25, 0.3) is 0 Å². The van der Waals surface area contributed by atoms with Crippen LogP contribution in [0.3, 0.4) is 0 Å². The molecule has 1 aromatic carbocycles. The molecule has 2 heterocycles. The summed E-state index contributed by atoms with van der Waals surface area (Å²) in [6.45, 7) is 0. The van der Waals surface area contributed by atoms with Crippen LogP contribution in [0.1, 0.15) is 0 Å². The third-order valence-corrected chi connectivity index (χ3v) is 2.59. The van der Waals surface area contributed by atoms with E-state index in [1.54, 1.807) is 24.5 Å². The standard InChI is InChI=1S/C13H9FN2/c14-11-4-2-1-3-10(11)13-7-9-8-15-6-5-12(9)16-13/h1-8,16H. The lowest BCUT2D eigenvalue weighted by molar-refractivity contribution is 0.631. The fourth-order valence-corrected chi connectivity index (χ4v) is 1.80. The molecule has 0 aliphatic heterocycles. The zero-order chi connectivity index (χ0) is 11.0. The van der Waals surface area contributed by atoms with Crippen LogP contribution < -0.4 is 0 Å². The predicted molar refractivity (Wildman–Crippen MR) is 61.5 cm³/mol. The van der Waals surface area contributed by atoms with Crippen LogP contribution in [0.2, 0.25) is 0 Å². The van der Waals surface area contributed by atoms with Crippen LogP contribution in [-0.4, -0.2) is 9.97 Å². The largest absolute Gasteiger partial charge is 0.354 e. The Labute approximate surface area is 91.8 Å². The highest BCUT2D eigenvalue weighted by Crippen LogP contribution is 2.25. The first-order valence-electron chi connectivity index (χ1n) is 5.02. The molecule has 3 aromatic rings. The summed E-state index contributed by atoms with van der Waals surface area (Å²) in [7, 11) is 0. The van der Waals surface area contributed by atoms with E-state index in [4.69, 9.17) is 0 Å². The number of halogens is 1. The SMILES string of the molecule is Fc1ccccc1-c1cc2cnccc2[nH]1. The van der Waals surface area contributed by atoms with Gasteiger partial charge in [0, 0.05) is 34.6 Å². The summed E-state index contributed by atoms with van der Waals surface area (Å²) in [5.74, 6) is -0.220. The predicted octanol–water partition coefficient (Wildman–Crippen LogP) is 3.37. The number of hydrogen-bond acceptors (Lipinski definition) is 1. The lowest BCUT2D eigenvalue weighted by atomic mass is 10.1. The highest BCUT2D eigenvalue weighted by molar-refractivity contribution is 5.85. The molecule has 0 saturated carbocycles. The van der Waals surface area contributed by atoms with Crippen molar-refractivity contribution in [3.8, 4) is 11.3 Å². The Kier molecular flexibility index (Phi) is 1.96. The zero-order valence-electron chi connectivity index (χ0n) is 8.44. The van der Waals surface area contributed by atoms with Crippen LogP contribution in [0.25, 0.3) is 22.2 Å². The van der Waals surface area contributed by atoms with Crippen molar-refractivity contribution in [1.82, 2.24) is 9.97 Å². The van der Waals surface area contributed by atoms with Gasteiger partial charge in [-0.2, -0.15) is 0 Å². The monoisotopic (exact) mass is 212 g/mol. The first-order chi connectivity index (χ1) is 7.84. The Hall–Kier alpha value is -2.16. The third kappa shape index (κ3) is 1.37. The van der Waals surface area contributed by atoms with Crippen molar-refractivity contribution in [2.45, 2.75) is 0 Å². The minimum Gasteiger partial charge on any atom is -0.354 e. The Morgan fingerprint density at radius 2 is 2.00 bits per heavy atom. The maximum atomic E-state index is 13.6. The van der Waals surface area contributed by atoms with Gasteiger partial charge in [-0.1, -0.05) is 12.1 Å². The maximum absolute atomic E-state index is 13.6. The van der Waals surface area contributed by atoms with Crippen molar-refractivity contribution < 1.29 is 4.39 Å². The molecule has 0 spiro atoms. The average Bonchev–Trinajstić information content (AvgIpc) is 2.73. The van der Waals surface area contributed by atoms with Crippen molar-refractivity contribution in [1.29, 1.82) is 0 Å². The van der Waals surface area contributed by atoms with Crippen LogP contribution in [0.15, 0.2) is 48.8 Å². The van der Waals surface area contributed by atoms with Crippen molar-refractivity contribution in [2.75, 3.05) is 0 Å². The number of pyridine rings is 1. The first kappa shape index (κ1) is 9.09. The molecule has 3 rings (SSSR count). The van der Waals surface area contributed by atoms with E-state index < -0.39 is 0 Å². The maximum Gasteiger partial charge on any atom is 0.132 e. The molecule has 0 bridgehead atoms. The summed E-state index contributed by atoms with van der Waals surface area (Å²) >= 11 is 0. The molecule has 1 N–H and O–H groups in total. The molecule has 16 heavy (non-hydrogen) atoms. The topological polar surface area (TPSA) is 28.7 Å². The fourth-order valence-electron chi connectivity index (χ4n) is 1.80. The molecule has 2 nitrogen and oxygen atoms in total. The molecule has 0 radical (unpaired) electrons. The van der Waals surface area contributed by atoms with Crippen LogP contribution in [0, 0.1) is 5.82 Å². The number of aromatic amines is 1. The fraction of sp³-hybridized carbons (Fsp3) is 0. The van der Waals surface area contributed by atoms with Crippen LogP contribution in [-0.2, 0) is 0 Å². The second-order valence-corrected chi connectivity index (χ2v) is 3.63. The number of benzene rings is 1. The Balaban J connectivity index is 2.23. The van der Waals surface area contributed by atoms with E-state index in [0.29, 0.717) is 5.56 Å². The van der Waals surface area contributed by atoms with Gasteiger partial charge in [0.15, 0.2) is 0 Å². The summed E-state index contributed by atoms with van der Waals surface area (Å²) in [5, 5.41) is 0.987. The summed E-state index contributed by atoms with van der Waals surface area (Å²) in [4.78, 5) is 7.20. The number of aromatic nitrogens is 2. The van der Waals surface area contributed by atoms with E-state index in [2.05, 4.69) is 9.97 Å². The molecule has 0 atom stereocenters. The van der Waals surface area contributed by atoms with Gasteiger partial charge in [-0.3, -0.25) is 4.98 Å². The summed E-state index contributed by atoms with van der Waals surface area (Å²) in [5.41, 5.74) is 2.33. The third-order valence-electron chi connectivity index (χ3n) is 2.59. The molecular formula is C13H9FN2. The van der Waals surface area contributed by atoms with Gasteiger partial charge in [-0.25, -0.2) is 4.39 Å². The van der Waals surface area contributed by atoms with Gasteiger partial charge in [-0.05, 0) is 24.3 Å².